The van der Waals surface area contributed by atoms with Crippen LogP contribution in [0, 0.1) is 4.77 Å². The van der Waals surface area contributed by atoms with Crippen molar-refractivity contribution in [3.63, 3.8) is 0 Å². The fourth-order valence-electron chi connectivity index (χ4n) is 2.11. The van der Waals surface area contributed by atoms with Crippen LogP contribution in [0.15, 0.2) is 29.1 Å². The maximum Gasteiger partial charge on any atom is 0.416 e. The molecule has 0 atom stereocenters. The first-order valence-corrected chi connectivity index (χ1v) is 6.72. The normalized spacial score (nSPS) is 11.6. The number of rotatable bonds is 3. The molecule has 0 aliphatic carbocycles. The Morgan fingerprint density at radius 2 is 1.95 bits per heavy atom. The first-order valence-electron chi connectivity index (χ1n) is 6.31. The molecule has 7 heteroatoms. The quantitative estimate of drug-likeness (QED) is 0.850. The fraction of sp³-hybridized carbons (Fsp3) is 0.286. The van der Waals surface area contributed by atoms with Gasteiger partial charge in [-0.2, -0.15) is 13.2 Å². The lowest BCUT2D eigenvalue weighted by Gasteiger charge is -2.10. The summed E-state index contributed by atoms with van der Waals surface area (Å²) in [4.78, 5) is 17.3. The molecule has 0 aliphatic heterocycles. The Hall–Kier alpha value is -1.89. The molecule has 0 bridgehead atoms. The number of nitrogens with one attached hydrogen (secondary N) is 2. The van der Waals surface area contributed by atoms with Crippen LogP contribution in [-0.2, 0) is 19.0 Å². The van der Waals surface area contributed by atoms with Crippen molar-refractivity contribution in [3.8, 4) is 0 Å². The molecule has 0 fully saturated rings. The van der Waals surface area contributed by atoms with E-state index in [0.29, 0.717) is 23.2 Å². The number of halogens is 3. The second-order valence-corrected chi connectivity index (χ2v) is 5.00. The van der Waals surface area contributed by atoms with Gasteiger partial charge in [-0.05, 0) is 30.3 Å². The summed E-state index contributed by atoms with van der Waals surface area (Å²) >= 11 is 4.89. The van der Waals surface area contributed by atoms with Crippen LogP contribution in [0.25, 0.3) is 0 Å². The molecule has 3 nitrogen and oxygen atoms in total. The van der Waals surface area contributed by atoms with Crippen molar-refractivity contribution in [3.05, 3.63) is 61.8 Å². The number of alkyl halides is 3. The monoisotopic (exact) mass is 314 g/mol. The number of aromatic amines is 2. The van der Waals surface area contributed by atoms with E-state index >= 15 is 0 Å². The molecule has 0 saturated carbocycles. The lowest BCUT2D eigenvalue weighted by atomic mass is 10.0. The zero-order chi connectivity index (χ0) is 15.6. The predicted octanol–water partition coefficient (Wildman–Crippen LogP) is 3.60. The Labute approximate surface area is 123 Å². The standard InChI is InChI=1S/C14H13F3N2OS/c1-2-11-10(12(20)19-13(21)18-11)7-8-4-3-5-9(6-8)14(15,16)17/h3-6H,2,7H2,1H3,(H2,18,19,20,21). The molecule has 0 amide bonds. The van der Waals surface area contributed by atoms with Crippen LogP contribution in [-0.4, -0.2) is 9.97 Å². The molecule has 2 aromatic rings. The Kier molecular flexibility index (Phi) is 4.32. The van der Waals surface area contributed by atoms with Crippen molar-refractivity contribution >= 4 is 12.2 Å². The van der Waals surface area contributed by atoms with Crippen LogP contribution in [0.1, 0.15) is 29.3 Å². The van der Waals surface area contributed by atoms with Gasteiger partial charge in [0.15, 0.2) is 4.77 Å². The number of aromatic nitrogens is 2. The first kappa shape index (κ1) is 15.5. The molecule has 0 unspecified atom stereocenters. The molecule has 0 saturated heterocycles. The van der Waals surface area contributed by atoms with Gasteiger partial charge in [0.05, 0.1) is 5.56 Å². The highest BCUT2D eigenvalue weighted by atomic mass is 32.1. The summed E-state index contributed by atoms with van der Waals surface area (Å²) in [6.45, 7) is 1.84. The first-order chi connectivity index (χ1) is 9.81. The summed E-state index contributed by atoms with van der Waals surface area (Å²) in [6, 6.07) is 4.96. The van der Waals surface area contributed by atoms with Crippen molar-refractivity contribution in [2.45, 2.75) is 25.9 Å². The van der Waals surface area contributed by atoms with Gasteiger partial charge in [-0.1, -0.05) is 25.1 Å². The van der Waals surface area contributed by atoms with Crippen LogP contribution in [0.3, 0.4) is 0 Å². The zero-order valence-corrected chi connectivity index (χ0v) is 12.0. The van der Waals surface area contributed by atoms with Crippen molar-refractivity contribution in [1.29, 1.82) is 0 Å². The van der Waals surface area contributed by atoms with Gasteiger partial charge in [-0.25, -0.2) is 0 Å². The minimum absolute atomic E-state index is 0.120. The van der Waals surface area contributed by atoms with E-state index in [4.69, 9.17) is 12.2 Å². The van der Waals surface area contributed by atoms with Crippen LogP contribution < -0.4 is 5.56 Å². The molecule has 1 heterocycles. The number of hydrogen-bond acceptors (Lipinski definition) is 2. The summed E-state index contributed by atoms with van der Waals surface area (Å²) in [5.74, 6) is 0. The summed E-state index contributed by atoms with van der Waals surface area (Å²) in [7, 11) is 0. The zero-order valence-electron chi connectivity index (χ0n) is 11.2. The van der Waals surface area contributed by atoms with E-state index in [9.17, 15) is 18.0 Å². The highest BCUT2D eigenvalue weighted by Gasteiger charge is 2.30. The highest BCUT2D eigenvalue weighted by molar-refractivity contribution is 7.71. The number of benzene rings is 1. The molecular formula is C14H13F3N2OS. The Morgan fingerprint density at radius 3 is 2.57 bits per heavy atom. The second kappa shape index (κ2) is 5.85. The van der Waals surface area contributed by atoms with Crippen molar-refractivity contribution in [2.75, 3.05) is 0 Å². The van der Waals surface area contributed by atoms with E-state index in [1.165, 1.54) is 6.07 Å². The topological polar surface area (TPSA) is 48.6 Å². The number of aryl methyl sites for hydroxylation is 1. The maximum absolute atomic E-state index is 12.7. The van der Waals surface area contributed by atoms with Gasteiger partial charge in [0.25, 0.3) is 5.56 Å². The molecule has 2 rings (SSSR count). The lowest BCUT2D eigenvalue weighted by molar-refractivity contribution is -0.137. The summed E-state index contributed by atoms with van der Waals surface area (Å²) in [5, 5.41) is 0. The van der Waals surface area contributed by atoms with Gasteiger partial charge >= 0.3 is 6.18 Å². The minimum Gasteiger partial charge on any atom is -0.336 e. The Morgan fingerprint density at radius 1 is 1.24 bits per heavy atom. The molecular weight excluding hydrogens is 301 g/mol. The second-order valence-electron chi connectivity index (χ2n) is 4.59. The smallest absolute Gasteiger partial charge is 0.336 e. The van der Waals surface area contributed by atoms with E-state index in [0.717, 1.165) is 12.1 Å². The van der Waals surface area contributed by atoms with Gasteiger partial charge in [-0.15, -0.1) is 0 Å². The Bertz CT molecular complexity index is 762. The maximum atomic E-state index is 12.7. The molecule has 21 heavy (non-hydrogen) atoms. The van der Waals surface area contributed by atoms with E-state index in [-0.39, 0.29) is 16.8 Å². The van der Waals surface area contributed by atoms with Gasteiger partial charge in [0.2, 0.25) is 0 Å². The SMILES string of the molecule is CCc1[nH]c(=S)[nH]c(=O)c1Cc1cccc(C(F)(F)F)c1. The van der Waals surface area contributed by atoms with E-state index < -0.39 is 11.7 Å². The van der Waals surface area contributed by atoms with Crippen LogP contribution in [0.4, 0.5) is 13.2 Å². The summed E-state index contributed by atoms with van der Waals surface area (Å²) in [5.41, 5.74) is 0.383. The van der Waals surface area contributed by atoms with Crippen LogP contribution >= 0.6 is 12.2 Å². The number of hydrogen-bond donors (Lipinski definition) is 2. The molecule has 1 aromatic carbocycles. The summed E-state index contributed by atoms with van der Waals surface area (Å²) in [6.07, 6.45) is -3.73. The summed E-state index contributed by atoms with van der Waals surface area (Å²) < 4.78 is 38.3. The average molecular weight is 314 g/mol. The number of H-pyrrole nitrogens is 2. The largest absolute Gasteiger partial charge is 0.416 e. The molecule has 0 spiro atoms. The molecule has 0 radical (unpaired) electrons. The predicted molar refractivity (Wildman–Crippen MR) is 75.9 cm³/mol. The molecule has 2 N–H and O–H groups in total. The third-order valence-corrected chi connectivity index (χ3v) is 3.32. The van der Waals surface area contributed by atoms with E-state index in [2.05, 4.69) is 9.97 Å². The lowest BCUT2D eigenvalue weighted by Crippen LogP contribution is -2.18. The van der Waals surface area contributed by atoms with Crippen LogP contribution in [0.5, 0.6) is 0 Å². The minimum atomic E-state index is -4.40. The van der Waals surface area contributed by atoms with E-state index in [1.54, 1.807) is 6.07 Å². The molecule has 112 valence electrons. The third-order valence-electron chi connectivity index (χ3n) is 3.12. The average Bonchev–Trinajstić information content (AvgIpc) is 2.41. The Balaban J connectivity index is 2.44. The van der Waals surface area contributed by atoms with E-state index in [1.807, 2.05) is 6.92 Å². The van der Waals surface area contributed by atoms with Crippen molar-refractivity contribution in [1.82, 2.24) is 9.97 Å². The van der Waals surface area contributed by atoms with Crippen LogP contribution in [0.2, 0.25) is 0 Å². The highest BCUT2D eigenvalue weighted by Crippen LogP contribution is 2.29. The fourth-order valence-corrected chi connectivity index (χ4v) is 2.33. The van der Waals surface area contributed by atoms with Gasteiger partial charge in [0, 0.05) is 17.7 Å². The molecule has 1 aromatic heterocycles. The van der Waals surface area contributed by atoms with Gasteiger partial charge < -0.3 is 4.98 Å². The third kappa shape index (κ3) is 3.60. The molecule has 0 aliphatic rings. The van der Waals surface area contributed by atoms with Gasteiger partial charge in [-0.3, -0.25) is 9.78 Å². The van der Waals surface area contributed by atoms with Crippen molar-refractivity contribution < 1.29 is 13.2 Å². The van der Waals surface area contributed by atoms with Gasteiger partial charge in [0.1, 0.15) is 0 Å². The van der Waals surface area contributed by atoms with Crippen molar-refractivity contribution in [2.24, 2.45) is 0 Å².